The topological polar surface area (TPSA) is 140 Å². The summed E-state index contributed by atoms with van der Waals surface area (Å²) in [7, 11) is 1.81. The number of aryl methyl sites for hydroxylation is 1. The molecule has 3 atom stereocenters. The number of ether oxygens (including phenoxy) is 2. The molecule has 12 heteroatoms. The second-order valence-electron chi connectivity index (χ2n) is 10.1. The van der Waals surface area contributed by atoms with Gasteiger partial charge in [0, 0.05) is 51.2 Å². The van der Waals surface area contributed by atoms with Crippen molar-refractivity contribution in [3.63, 3.8) is 0 Å². The molecule has 220 valence electrons. The van der Waals surface area contributed by atoms with E-state index in [-0.39, 0.29) is 30.6 Å². The zero-order valence-electron chi connectivity index (χ0n) is 23.5. The van der Waals surface area contributed by atoms with Crippen LogP contribution in [0.3, 0.4) is 0 Å². The quantitative estimate of drug-likeness (QED) is 0.193. The summed E-state index contributed by atoms with van der Waals surface area (Å²) in [5.41, 5.74) is 3.76. The van der Waals surface area contributed by atoms with Crippen molar-refractivity contribution in [2.24, 2.45) is 7.05 Å². The molecular formula is C29H38N6O5S. The Morgan fingerprint density at radius 1 is 1.00 bits per heavy atom. The molecule has 1 aliphatic rings. The van der Waals surface area contributed by atoms with Crippen molar-refractivity contribution >= 4 is 23.6 Å². The third-order valence-electron chi connectivity index (χ3n) is 6.79. The number of unbranched alkanes of at least 4 members (excludes halogenated alkanes) is 2. The highest BCUT2D eigenvalue weighted by atomic mass is 32.2. The van der Waals surface area contributed by atoms with Crippen molar-refractivity contribution in [3.05, 3.63) is 70.8 Å². The predicted octanol–water partition coefficient (Wildman–Crippen LogP) is 3.35. The Bertz CT molecular complexity index is 1250. The van der Waals surface area contributed by atoms with Gasteiger partial charge in [-0.15, -0.1) is 5.10 Å². The fourth-order valence-electron chi connectivity index (χ4n) is 4.47. The Morgan fingerprint density at radius 2 is 1.73 bits per heavy atom. The normalized spacial score (nSPS) is 18.7. The van der Waals surface area contributed by atoms with E-state index in [9.17, 15) is 14.7 Å². The maximum atomic E-state index is 12.2. The van der Waals surface area contributed by atoms with Gasteiger partial charge in [-0.2, -0.15) is 0 Å². The smallest absolute Gasteiger partial charge is 0.220 e. The molecule has 1 aliphatic heterocycles. The van der Waals surface area contributed by atoms with Crippen LogP contribution in [-0.4, -0.2) is 55.5 Å². The molecule has 4 rings (SSSR count). The first kappa shape index (κ1) is 30.6. The number of thioether (sulfide) groups is 1. The first-order valence-corrected chi connectivity index (χ1v) is 14.9. The lowest BCUT2D eigenvalue weighted by Gasteiger charge is -2.36. The van der Waals surface area contributed by atoms with E-state index in [1.165, 1.54) is 18.7 Å². The largest absolute Gasteiger partial charge is 0.392 e. The van der Waals surface area contributed by atoms with Crippen LogP contribution in [0.25, 0.3) is 0 Å². The molecule has 0 saturated carbocycles. The molecule has 1 aromatic heterocycles. The fourth-order valence-corrected chi connectivity index (χ4v) is 5.33. The minimum Gasteiger partial charge on any atom is -0.392 e. The van der Waals surface area contributed by atoms with Crippen LogP contribution in [0.4, 0.5) is 0 Å². The molecule has 1 fully saturated rings. The van der Waals surface area contributed by atoms with Crippen molar-refractivity contribution in [3.8, 4) is 0 Å². The molecular weight excluding hydrogens is 544 g/mol. The van der Waals surface area contributed by atoms with Gasteiger partial charge in [0.25, 0.3) is 0 Å². The first-order chi connectivity index (χ1) is 19.9. The van der Waals surface area contributed by atoms with Crippen LogP contribution < -0.4 is 10.6 Å². The van der Waals surface area contributed by atoms with Crippen molar-refractivity contribution in [2.45, 2.75) is 75.8 Å². The maximum absolute atomic E-state index is 12.2. The van der Waals surface area contributed by atoms with Gasteiger partial charge in [0.1, 0.15) is 0 Å². The van der Waals surface area contributed by atoms with Gasteiger partial charge in [-0.05, 0) is 40.0 Å². The summed E-state index contributed by atoms with van der Waals surface area (Å²) in [6.45, 7) is 2.59. The number of carbonyl (C=O) groups excluding carboxylic acids is 2. The minimum atomic E-state index is -0.560. The van der Waals surface area contributed by atoms with Crippen molar-refractivity contribution < 1.29 is 24.2 Å². The van der Waals surface area contributed by atoms with E-state index in [1.54, 1.807) is 4.68 Å². The van der Waals surface area contributed by atoms with Gasteiger partial charge in [0.05, 0.1) is 18.8 Å². The Morgan fingerprint density at radius 3 is 2.41 bits per heavy atom. The van der Waals surface area contributed by atoms with Crippen LogP contribution in [0, 0.1) is 0 Å². The fraction of sp³-hybridized carbons (Fsp3) is 0.483. The van der Waals surface area contributed by atoms with Gasteiger partial charge in [-0.25, -0.2) is 4.68 Å². The number of hydrogen-bond acceptors (Lipinski definition) is 9. The lowest BCUT2D eigenvalue weighted by Crippen LogP contribution is -2.31. The molecule has 3 N–H and O–H groups in total. The Kier molecular flexibility index (Phi) is 11.7. The van der Waals surface area contributed by atoms with E-state index >= 15 is 0 Å². The lowest BCUT2D eigenvalue weighted by molar-refractivity contribution is -0.245. The molecule has 0 radical (unpaired) electrons. The van der Waals surface area contributed by atoms with Crippen molar-refractivity contribution in [1.82, 2.24) is 30.8 Å². The highest BCUT2D eigenvalue weighted by Gasteiger charge is 2.32. The number of carbonyl (C=O) groups is 2. The van der Waals surface area contributed by atoms with E-state index in [4.69, 9.17) is 9.47 Å². The van der Waals surface area contributed by atoms with Crippen LogP contribution in [0.15, 0.2) is 53.7 Å². The number of amides is 2. The second-order valence-corrected chi connectivity index (χ2v) is 11.0. The van der Waals surface area contributed by atoms with Crippen LogP contribution in [0.2, 0.25) is 0 Å². The van der Waals surface area contributed by atoms with Gasteiger partial charge < -0.3 is 25.2 Å². The molecule has 3 aromatic rings. The van der Waals surface area contributed by atoms with E-state index < -0.39 is 6.29 Å². The monoisotopic (exact) mass is 582 g/mol. The first-order valence-electron chi connectivity index (χ1n) is 13.9. The maximum Gasteiger partial charge on any atom is 0.220 e. The van der Waals surface area contributed by atoms with Crippen LogP contribution in [0.1, 0.15) is 73.7 Å². The summed E-state index contributed by atoms with van der Waals surface area (Å²) in [6.07, 6.45) is 2.85. The molecule has 2 heterocycles. The van der Waals surface area contributed by atoms with Crippen LogP contribution in [-0.2, 0) is 39.3 Å². The molecule has 0 spiro atoms. The summed E-state index contributed by atoms with van der Waals surface area (Å²) in [4.78, 5) is 23.1. The number of aliphatic hydroxyl groups excluding tert-OH is 1. The molecule has 2 amide bonds. The van der Waals surface area contributed by atoms with Crippen LogP contribution in [0.5, 0.6) is 0 Å². The van der Waals surface area contributed by atoms with Crippen molar-refractivity contribution in [2.75, 3.05) is 12.3 Å². The van der Waals surface area contributed by atoms with Gasteiger partial charge >= 0.3 is 0 Å². The molecule has 2 aromatic carbocycles. The average Bonchev–Trinajstić information content (AvgIpc) is 3.41. The number of nitrogens with zero attached hydrogens (tertiary/aromatic N) is 4. The van der Waals surface area contributed by atoms with E-state index in [1.807, 2.05) is 55.6 Å². The summed E-state index contributed by atoms with van der Waals surface area (Å²) in [6, 6.07) is 15.7. The molecule has 0 bridgehead atoms. The molecule has 1 saturated heterocycles. The molecule has 11 nitrogen and oxygen atoms in total. The molecule has 41 heavy (non-hydrogen) atoms. The van der Waals surface area contributed by atoms with Gasteiger partial charge in [0.2, 0.25) is 17.0 Å². The minimum absolute atomic E-state index is 0.00468. The highest BCUT2D eigenvalue weighted by Crippen LogP contribution is 2.39. The number of hydrogen-bond donors (Lipinski definition) is 3. The predicted molar refractivity (Wildman–Crippen MR) is 153 cm³/mol. The average molecular weight is 583 g/mol. The summed E-state index contributed by atoms with van der Waals surface area (Å²) >= 11 is 1.54. The highest BCUT2D eigenvalue weighted by molar-refractivity contribution is 7.99. The standard InChI is InChI=1S/C29H38N6O5S/c1-20(37)30-15-5-3-4-6-27(38)31-17-21-7-13-24(14-8-21)28-39-25(19-41-29-32-33-34-35(29)2)16-26(40-28)23-11-9-22(18-36)10-12-23/h7-14,25-26,28,36H,3-6,15-19H2,1-2H3,(H,30,37)(H,31,38)/t25-,26+,28+/m1/s1. The van der Waals surface area contributed by atoms with Gasteiger partial charge in [-0.1, -0.05) is 66.7 Å². The Labute approximate surface area is 244 Å². The van der Waals surface area contributed by atoms with E-state index in [2.05, 4.69) is 26.2 Å². The number of tetrazole rings is 1. The number of nitrogens with one attached hydrogen (secondary N) is 2. The van der Waals surface area contributed by atoms with E-state index in [0.29, 0.717) is 31.7 Å². The zero-order chi connectivity index (χ0) is 29.0. The van der Waals surface area contributed by atoms with Crippen molar-refractivity contribution in [1.29, 1.82) is 0 Å². The summed E-state index contributed by atoms with van der Waals surface area (Å²) in [5.74, 6) is 0.649. The third-order valence-corrected chi connectivity index (χ3v) is 7.93. The third kappa shape index (κ3) is 9.63. The number of aliphatic hydroxyl groups is 1. The lowest BCUT2D eigenvalue weighted by atomic mass is 10.0. The van der Waals surface area contributed by atoms with Gasteiger partial charge in [-0.3, -0.25) is 9.59 Å². The van der Waals surface area contributed by atoms with Crippen LogP contribution >= 0.6 is 11.8 Å². The van der Waals surface area contributed by atoms with Gasteiger partial charge in [0.15, 0.2) is 6.29 Å². The Balaban J connectivity index is 1.32. The number of rotatable bonds is 14. The number of aromatic nitrogens is 4. The molecule has 0 aliphatic carbocycles. The summed E-state index contributed by atoms with van der Waals surface area (Å²) in [5, 5.41) is 27.5. The Hall–Kier alpha value is -3.32. The SMILES string of the molecule is CC(=O)NCCCCCC(=O)NCc1ccc([C@H]2O[C@@H](CSc3nnnn3C)C[C@@H](c3ccc(CO)cc3)O2)cc1. The number of benzene rings is 2. The van der Waals surface area contributed by atoms with E-state index in [0.717, 1.165) is 46.7 Å². The zero-order valence-corrected chi connectivity index (χ0v) is 24.3. The summed E-state index contributed by atoms with van der Waals surface area (Å²) < 4.78 is 14.4. The second kappa shape index (κ2) is 15.6. The molecule has 0 unspecified atom stereocenters.